The van der Waals surface area contributed by atoms with Gasteiger partial charge in [0.05, 0.1) is 29.1 Å². The summed E-state index contributed by atoms with van der Waals surface area (Å²) in [5, 5.41) is -0.0844. The van der Waals surface area contributed by atoms with E-state index in [0.29, 0.717) is 5.56 Å². The van der Waals surface area contributed by atoms with Crippen molar-refractivity contribution in [2.45, 2.75) is 26.7 Å². The van der Waals surface area contributed by atoms with E-state index in [1.807, 2.05) is 25.1 Å². The van der Waals surface area contributed by atoms with Gasteiger partial charge in [-0.3, -0.25) is 14.5 Å². The molecule has 202 valence electrons. The number of imide groups is 1. The standard InChI is InChI=1S/C30H28ClNO6S/c1-18(2)21-11-9-19(3)15-25(21)37-14-13-32-28(33)27(39-30(32)35)17-20-10-12-24(26(16-20)36-4)38-29(34)22-7-5-6-8-23(22)31/h5-12,15-18H,13-14H2,1-4H3/b27-17-. The highest BCUT2D eigenvalue weighted by Gasteiger charge is 2.35. The zero-order chi connectivity index (χ0) is 28.1. The van der Waals surface area contributed by atoms with E-state index in [2.05, 4.69) is 13.8 Å². The molecule has 0 aliphatic carbocycles. The first-order valence-corrected chi connectivity index (χ1v) is 13.5. The van der Waals surface area contributed by atoms with Gasteiger partial charge < -0.3 is 14.2 Å². The average Bonchev–Trinajstić information content (AvgIpc) is 3.16. The molecule has 1 fully saturated rings. The Bertz CT molecular complexity index is 1450. The van der Waals surface area contributed by atoms with E-state index in [9.17, 15) is 14.4 Å². The number of thioether (sulfide) groups is 1. The lowest BCUT2D eigenvalue weighted by molar-refractivity contribution is -0.123. The number of hydrogen-bond donors (Lipinski definition) is 0. The van der Waals surface area contributed by atoms with Gasteiger partial charge in [0.1, 0.15) is 12.4 Å². The Hall–Kier alpha value is -3.75. The SMILES string of the molecule is COc1cc(/C=C2\SC(=O)N(CCOc3cc(C)ccc3C(C)C)C2=O)ccc1OC(=O)c1ccccc1Cl. The van der Waals surface area contributed by atoms with Crippen LogP contribution in [0.1, 0.15) is 46.8 Å². The number of halogens is 1. The van der Waals surface area contributed by atoms with Crippen LogP contribution in [0.2, 0.25) is 5.02 Å². The van der Waals surface area contributed by atoms with E-state index in [0.717, 1.165) is 28.6 Å². The minimum absolute atomic E-state index is 0.133. The van der Waals surface area contributed by atoms with Gasteiger partial charge in [0.15, 0.2) is 11.5 Å². The smallest absolute Gasteiger partial charge is 0.345 e. The summed E-state index contributed by atoms with van der Waals surface area (Å²) in [6, 6.07) is 17.5. The Labute approximate surface area is 236 Å². The molecule has 0 bridgehead atoms. The molecule has 2 amide bonds. The van der Waals surface area contributed by atoms with E-state index < -0.39 is 11.9 Å². The summed E-state index contributed by atoms with van der Waals surface area (Å²) in [5.41, 5.74) is 2.98. The first-order chi connectivity index (χ1) is 18.7. The minimum Gasteiger partial charge on any atom is -0.493 e. The zero-order valence-electron chi connectivity index (χ0n) is 22.0. The summed E-state index contributed by atoms with van der Waals surface area (Å²) >= 11 is 6.95. The maximum absolute atomic E-state index is 13.0. The van der Waals surface area contributed by atoms with Crippen molar-refractivity contribution in [3.8, 4) is 17.2 Å². The van der Waals surface area contributed by atoms with Crippen molar-refractivity contribution in [3.05, 3.63) is 92.8 Å². The van der Waals surface area contributed by atoms with E-state index in [4.69, 9.17) is 25.8 Å². The topological polar surface area (TPSA) is 82.1 Å². The summed E-state index contributed by atoms with van der Waals surface area (Å²) < 4.78 is 16.8. The lowest BCUT2D eigenvalue weighted by atomic mass is 10.0. The predicted octanol–water partition coefficient (Wildman–Crippen LogP) is 7.11. The Morgan fingerprint density at radius 1 is 1.03 bits per heavy atom. The number of methoxy groups -OCH3 is 1. The third-order valence-corrected chi connectivity index (χ3v) is 7.26. The zero-order valence-corrected chi connectivity index (χ0v) is 23.6. The summed E-state index contributed by atoms with van der Waals surface area (Å²) in [6.07, 6.45) is 1.60. The van der Waals surface area contributed by atoms with Crippen molar-refractivity contribution in [2.75, 3.05) is 20.3 Å². The van der Waals surface area contributed by atoms with Gasteiger partial charge in [-0.1, -0.05) is 55.8 Å². The van der Waals surface area contributed by atoms with Crippen LogP contribution in [0.15, 0.2) is 65.6 Å². The molecule has 1 saturated heterocycles. The first-order valence-electron chi connectivity index (χ1n) is 12.3. The lowest BCUT2D eigenvalue weighted by Gasteiger charge is -2.17. The molecule has 7 nitrogen and oxygen atoms in total. The molecular weight excluding hydrogens is 538 g/mol. The maximum atomic E-state index is 13.0. The van der Waals surface area contributed by atoms with Crippen molar-refractivity contribution < 1.29 is 28.6 Å². The molecule has 0 saturated carbocycles. The van der Waals surface area contributed by atoms with Gasteiger partial charge in [0.25, 0.3) is 11.1 Å². The number of ether oxygens (including phenoxy) is 3. The third-order valence-electron chi connectivity index (χ3n) is 6.02. The Morgan fingerprint density at radius 2 is 1.79 bits per heavy atom. The fraction of sp³-hybridized carbons (Fsp3) is 0.233. The maximum Gasteiger partial charge on any atom is 0.345 e. The van der Waals surface area contributed by atoms with Crippen molar-refractivity contribution in [3.63, 3.8) is 0 Å². The average molecular weight is 566 g/mol. The van der Waals surface area contributed by atoms with Gasteiger partial charge in [-0.15, -0.1) is 0 Å². The molecule has 0 aromatic heterocycles. The van der Waals surface area contributed by atoms with Crippen LogP contribution in [0.25, 0.3) is 6.08 Å². The number of aryl methyl sites for hydroxylation is 1. The molecule has 39 heavy (non-hydrogen) atoms. The quantitative estimate of drug-likeness (QED) is 0.155. The van der Waals surface area contributed by atoms with Crippen LogP contribution in [0.4, 0.5) is 4.79 Å². The van der Waals surface area contributed by atoms with Crippen LogP contribution < -0.4 is 14.2 Å². The predicted molar refractivity (Wildman–Crippen MR) is 153 cm³/mol. The van der Waals surface area contributed by atoms with Gasteiger partial charge in [-0.05, 0) is 77.7 Å². The van der Waals surface area contributed by atoms with Gasteiger partial charge in [0.2, 0.25) is 0 Å². The van der Waals surface area contributed by atoms with Gasteiger partial charge >= 0.3 is 5.97 Å². The van der Waals surface area contributed by atoms with Crippen LogP contribution in [0.5, 0.6) is 17.2 Å². The number of carbonyl (C=O) groups is 3. The second-order valence-corrected chi connectivity index (χ2v) is 10.6. The van der Waals surface area contributed by atoms with Crippen molar-refractivity contribution in [1.82, 2.24) is 4.90 Å². The van der Waals surface area contributed by atoms with Gasteiger partial charge in [0, 0.05) is 0 Å². The number of benzene rings is 3. The number of nitrogens with zero attached hydrogens (tertiary/aromatic N) is 1. The largest absolute Gasteiger partial charge is 0.493 e. The van der Waals surface area contributed by atoms with Gasteiger partial charge in [-0.2, -0.15) is 0 Å². The van der Waals surface area contributed by atoms with Crippen molar-refractivity contribution in [2.24, 2.45) is 0 Å². The molecule has 3 aromatic rings. The summed E-state index contributed by atoms with van der Waals surface area (Å²) in [7, 11) is 1.44. The Kier molecular flexibility index (Phi) is 8.99. The number of esters is 1. The monoisotopic (exact) mass is 565 g/mol. The molecule has 9 heteroatoms. The highest BCUT2D eigenvalue weighted by atomic mass is 35.5. The van der Waals surface area contributed by atoms with Crippen LogP contribution in [0.3, 0.4) is 0 Å². The molecule has 1 heterocycles. The third kappa shape index (κ3) is 6.64. The molecule has 3 aromatic carbocycles. The van der Waals surface area contributed by atoms with E-state index in [1.165, 1.54) is 12.0 Å². The molecule has 0 unspecified atom stereocenters. The van der Waals surface area contributed by atoms with Crippen LogP contribution in [0, 0.1) is 6.92 Å². The summed E-state index contributed by atoms with van der Waals surface area (Å²) in [6.45, 7) is 6.48. The molecule has 4 rings (SSSR count). The van der Waals surface area contributed by atoms with E-state index >= 15 is 0 Å². The molecular formula is C30H28ClNO6S. The van der Waals surface area contributed by atoms with Crippen LogP contribution in [-0.4, -0.2) is 42.3 Å². The van der Waals surface area contributed by atoms with Crippen molar-refractivity contribution in [1.29, 1.82) is 0 Å². The molecule has 1 aliphatic heterocycles. The highest BCUT2D eigenvalue weighted by Crippen LogP contribution is 2.35. The molecule has 1 aliphatic rings. The van der Waals surface area contributed by atoms with E-state index in [-0.39, 0.29) is 51.3 Å². The number of carbonyl (C=O) groups excluding carboxylic acids is 3. The van der Waals surface area contributed by atoms with Crippen LogP contribution in [-0.2, 0) is 4.79 Å². The molecule has 0 radical (unpaired) electrons. The number of rotatable bonds is 9. The fourth-order valence-electron chi connectivity index (χ4n) is 3.97. The van der Waals surface area contributed by atoms with E-state index in [1.54, 1.807) is 48.5 Å². The van der Waals surface area contributed by atoms with Crippen LogP contribution >= 0.6 is 23.4 Å². The second-order valence-electron chi connectivity index (χ2n) is 9.16. The minimum atomic E-state index is -0.624. The normalized spacial score (nSPS) is 14.3. The Morgan fingerprint density at radius 3 is 2.51 bits per heavy atom. The van der Waals surface area contributed by atoms with Gasteiger partial charge in [-0.25, -0.2) is 4.79 Å². The second kappa shape index (κ2) is 12.4. The first kappa shape index (κ1) is 28.3. The molecule has 0 atom stereocenters. The molecule has 0 N–H and O–H groups in total. The highest BCUT2D eigenvalue weighted by molar-refractivity contribution is 8.18. The summed E-state index contributed by atoms with van der Waals surface area (Å²) in [4.78, 5) is 39.6. The fourth-order valence-corrected chi connectivity index (χ4v) is 5.05. The molecule has 0 spiro atoms. The Balaban J connectivity index is 1.44. The lowest BCUT2D eigenvalue weighted by Crippen LogP contribution is -2.32. The van der Waals surface area contributed by atoms with Crippen molar-refractivity contribution >= 4 is 46.6 Å². The number of amides is 2. The summed E-state index contributed by atoms with van der Waals surface area (Å²) in [5.74, 6) is 0.507. The number of hydrogen-bond acceptors (Lipinski definition) is 7.